The fraction of sp³-hybridized carbons (Fsp3) is 0.357. The van der Waals surface area contributed by atoms with Gasteiger partial charge in [-0.3, -0.25) is 24.5 Å². The minimum atomic E-state index is -1.56. The molecule has 0 aromatic heterocycles. The molecule has 1 aromatic rings. The summed E-state index contributed by atoms with van der Waals surface area (Å²) in [7, 11) is 0. The number of amides is 1. The Labute approximate surface area is 130 Å². The number of nitro groups is 1. The molecule has 1 amide bonds. The molecule has 2 rings (SSSR count). The summed E-state index contributed by atoms with van der Waals surface area (Å²) >= 11 is 5.69. The lowest BCUT2D eigenvalue weighted by molar-refractivity contribution is -0.385. The average molecular weight is 325 g/mol. The Morgan fingerprint density at radius 3 is 2.55 bits per heavy atom. The van der Waals surface area contributed by atoms with Crippen molar-refractivity contribution in [2.24, 2.45) is 11.8 Å². The smallest absolute Gasteiger partial charge is 0.281 e. The maximum atomic E-state index is 12.5. The fourth-order valence-electron chi connectivity index (χ4n) is 2.34. The van der Waals surface area contributed by atoms with E-state index in [1.165, 1.54) is 6.07 Å². The van der Waals surface area contributed by atoms with Crippen LogP contribution < -0.4 is 5.32 Å². The summed E-state index contributed by atoms with van der Waals surface area (Å²) in [5.41, 5.74) is -0.825. The number of nitro benzene ring substituents is 1. The number of ketones is 2. The third kappa shape index (κ3) is 2.71. The van der Waals surface area contributed by atoms with Gasteiger partial charge in [0.2, 0.25) is 5.91 Å². The van der Waals surface area contributed by atoms with Crippen molar-refractivity contribution in [3.05, 3.63) is 38.9 Å². The number of piperidine rings is 1. The van der Waals surface area contributed by atoms with Crippen molar-refractivity contribution in [3.63, 3.8) is 0 Å². The van der Waals surface area contributed by atoms with Gasteiger partial charge in [0.25, 0.3) is 5.69 Å². The van der Waals surface area contributed by atoms with Gasteiger partial charge in [-0.15, -0.1) is 0 Å². The van der Waals surface area contributed by atoms with E-state index in [1.807, 2.05) is 0 Å². The predicted molar refractivity (Wildman–Crippen MR) is 77.7 cm³/mol. The summed E-state index contributed by atoms with van der Waals surface area (Å²) in [6.07, 6.45) is 0. The van der Waals surface area contributed by atoms with Crippen LogP contribution in [0.15, 0.2) is 18.2 Å². The third-order valence-electron chi connectivity index (χ3n) is 3.80. The van der Waals surface area contributed by atoms with Crippen molar-refractivity contribution in [2.45, 2.75) is 19.9 Å². The highest BCUT2D eigenvalue weighted by Gasteiger charge is 2.44. The van der Waals surface area contributed by atoms with E-state index in [-0.39, 0.29) is 16.6 Å². The molecule has 3 atom stereocenters. The van der Waals surface area contributed by atoms with E-state index in [9.17, 15) is 24.5 Å². The second-order valence-electron chi connectivity index (χ2n) is 5.20. The minimum Gasteiger partial charge on any atom is -0.352 e. The van der Waals surface area contributed by atoms with E-state index >= 15 is 0 Å². The lowest BCUT2D eigenvalue weighted by atomic mass is 9.80. The normalized spacial score (nSPS) is 24.8. The molecule has 0 aliphatic carbocycles. The summed E-state index contributed by atoms with van der Waals surface area (Å²) in [4.78, 5) is 47.0. The second-order valence-corrected chi connectivity index (χ2v) is 5.64. The number of nitrogens with zero attached hydrogens (tertiary/aromatic N) is 1. The molecule has 1 N–H and O–H groups in total. The number of halogens is 1. The van der Waals surface area contributed by atoms with Crippen LogP contribution >= 0.6 is 11.6 Å². The van der Waals surface area contributed by atoms with Gasteiger partial charge in [-0.25, -0.2) is 0 Å². The van der Waals surface area contributed by atoms with Crippen LogP contribution in [0.25, 0.3) is 0 Å². The molecule has 0 radical (unpaired) electrons. The Morgan fingerprint density at radius 2 is 1.95 bits per heavy atom. The van der Waals surface area contributed by atoms with E-state index in [0.29, 0.717) is 0 Å². The molecule has 1 aliphatic rings. The Morgan fingerprint density at radius 1 is 1.32 bits per heavy atom. The van der Waals surface area contributed by atoms with E-state index in [0.717, 1.165) is 12.1 Å². The van der Waals surface area contributed by atoms with Crippen molar-refractivity contribution in [3.8, 4) is 0 Å². The first-order chi connectivity index (χ1) is 10.2. The van der Waals surface area contributed by atoms with E-state index in [2.05, 4.69) is 5.32 Å². The summed E-state index contributed by atoms with van der Waals surface area (Å²) in [6, 6.07) is 3.10. The summed E-state index contributed by atoms with van der Waals surface area (Å²) in [6.45, 7) is 3.26. The van der Waals surface area contributed by atoms with Crippen molar-refractivity contribution in [1.29, 1.82) is 0 Å². The lowest BCUT2D eigenvalue weighted by Crippen LogP contribution is -2.55. The number of rotatable bonds is 3. The average Bonchev–Trinajstić information content (AvgIpc) is 2.44. The molecule has 8 heteroatoms. The summed E-state index contributed by atoms with van der Waals surface area (Å²) in [5.74, 6) is -4.26. The van der Waals surface area contributed by atoms with Crippen molar-refractivity contribution in [1.82, 2.24) is 5.32 Å². The molecule has 1 aromatic carbocycles. The van der Waals surface area contributed by atoms with Crippen LogP contribution in [0.4, 0.5) is 5.69 Å². The Kier molecular flexibility index (Phi) is 4.27. The molecule has 0 bridgehead atoms. The standard InChI is InChI=1S/C14H13ClN2O5/c1-6-7(2)16-14(20)11(12(6)18)13(19)9-4-3-8(15)5-10(9)17(21)22/h3-7,11H,1-2H3,(H,16,20). The molecule has 22 heavy (non-hydrogen) atoms. The van der Waals surface area contributed by atoms with Crippen molar-refractivity contribution < 1.29 is 19.3 Å². The van der Waals surface area contributed by atoms with Gasteiger partial charge in [0.05, 0.1) is 10.5 Å². The first kappa shape index (κ1) is 16.1. The van der Waals surface area contributed by atoms with Crippen LogP contribution in [-0.4, -0.2) is 28.4 Å². The largest absolute Gasteiger partial charge is 0.352 e. The first-order valence-corrected chi connectivity index (χ1v) is 6.94. The number of benzene rings is 1. The van der Waals surface area contributed by atoms with Gasteiger partial charge in [0.15, 0.2) is 17.5 Å². The number of hydrogen-bond acceptors (Lipinski definition) is 5. The van der Waals surface area contributed by atoms with Gasteiger partial charge in [-0.2, -0.15) is 0 Å². The minimum absolute atomic E-state index is 0.0877. The third-order valence-corrected chi connectivity index (χ3v) is 4.03. The fourth-order valence-corrected chi connectivity index (χ4v) is 2.51. The molecule has 1 saturated heterocycles. The highest BCUT2D eigenvalue weighted by Crippen LogP contribution is 2.28. The SMILES string of the molecule is CC1NC(=O)C(C(=O)c2ccc(Cl)cc2[N+](=O)[O-])C(=O)C1C. The molecule has 7 nitrogen and oxygen atoms in total. The number of Topliss-reactive ketones (excluding diaryl/α,β-unsaturated/α-hetero) is 2. The van der Waals surface area contributed by atoms with Gasteiger partial charge < -0.3 is 5.32 Å². The molecule has 0 spiro atoms. The molecule has 116 valence electrons. The molecule has 1 heterocycles. The number of nitrogens with one attached hydrogen (secondary N) is 1. The molecule has 3 unspecified atom stereocenters. The van der Waals surface area contributed by atoms with E-state index in [1.54, 1.807) is 13.8 Å². The van der Waals surface area contributed by atoms with Crippen molar-refractivity contribution >= 4 is 34.8 Å². The zero-order chi connectivity index (χ0) is 16.6. The summed E-state index contributed by atoms with van der Waals surface area (Å²) in [5, 5.41) is 13.7. The van der Waals surface area contributed by atoms with Gasteiger partial charge >= 0.3 is 0 Å². The van der Waals surface area contributed by atoms with Gasteiger partial charge in [-0.05, 0) is 19.1 Å². The molecular weight excluding hydrogens is 312 g/mol. The highest BCUT2D eigenvalue weighted by atomic mass is 35.5. The maximum Gasteiger partial charge on any atom is 0.281 e. The van der Waals surface area contributed by atoms with Gasteiger partial charge in [0.1, 0.15) is 0 Å². The van der Waals surface area contributed by atoms with Gasteiger partial charge in [-0.1, -0.05) is 18.5 Å². The lowest BCUT2D eigenvalue weighted by Gasteiger charge is -2.30. The van der Waals surface area contributed by atoms with Crippen LogP contribution in [0.1, 0.15) is 24.2 Å². The van der Waals surface area contributed by atoms with E-state index in [4.69, 9.17) is 11.6 Å². The van der Waals surface area contributed by atoms with Crippen LogP contribution in [0.5, 0.6) is 0 Å². The van der Waals surface area contributed by atoms with Crippen LogP contribution in [-0.2, 0) is 9.59 Å². The van der Waals surface area contributed by atoms with Gasteiger partial charge in [0, 0.05) is 23.0 Å². The highest BCUT2D eigenvalue weighted by molar-refractivity contribution is 6.31. The number of carbonyl (C=O) groups is 3. The van der Waals surface area contributed by atoms with Crippen LogP contribution in [0, 0.1) is 22.0 Å². The molecule has 1 aliphatic heterocycles. The van der Waals surface area contributed by atoms with Crippen LogP contribution in [0.3, 0.4) is 0 Å². The van der Waals surface area contributed by atoms with Crippen molar-refractivity contribution in [2.75, 3.05) is 0 Å². The summed E-state index contributed by atoms with van der Waals surface area (Å²) < 4.78 is 0. The topological polar surface area (TPSA) is 106 Å². The van der Waals surface area contributed by atoms with Crippen LogP contribution in [0.2, 0.25) is 5.02 Å². The monoisotopic (exact) mass is 324 g/mol. The first-order valence-electron chi connectivity index (χ1n) is 6.56. The Hall–Kier alpha value is -2.28. The number of carbonyl (C=O) groups excluding carboxylic acids is 3. The molecule has 1 fully saturated rings. The quantitative estimate of drug-likeness (QED) is 0.394. The number of hydrogen-bond donors (Lipinski definition) is 1. The Bertz CT molecular complexity index is 688. The zero-order valence-corrected chi connectivity index (χ0v) is 12.6. The van der Waals surface area contributed by atoms with E-state index < -0.39 is 39.9 Å². The Balaban J connectivity index is 2.46. The molecule has 0 saturated carbocycles. The maximum absolute atomic E-state index is 12.5. The second kappa shape index (κ2) is 5.84. The molecular formula is C14H13ClN2O5. The predicted octanol–water partition coefficient (Wildman–Crippen LogP) is 1.77. The zero-order valence-electron chi connectivity index (χ0n) is 11.8.